The van der Waals surface area contributed by atoms with Crippen molar-refractivity contribution in [3.8, 4) is 0 Å². The van der Waals surface area contributed by atoms with Crippen LogP contribution in [0.5, 0.6) is 0 Å². The molecule has 204 valence electrons. The van der Waals surface area contributed by atoms with Crippen LogP contribution < -0.4 is 21.5 Å². The van der Waals surface area contributed by atoms with Crippen molar-refractivity contribution in [1.82, 2.24) is 14.9 Å². The molecule has 0 aromatic heterocycles. The van der Waals surface area contributed by atoms with E-state index in [1.54, 1.807) is 12.1 Å². The number of nitrogens with two attached hydrogens (primary N) is 2. The lowest BCUT2D eigenvalue weighted by atomic mass is 10.1. The molecule has 1 fully saturated rings. The Kier molecular flexibility index (Phi) is 11.5. The maximum atomic E-state index is 13.1. The van der Waals surface area contributed by atoms with Gasteiger partial charge in [-0.25, -0.2) is 17.9 Å². The van der Waals surface area contributed by atoms with E-state index < -0.39 is 45.6 Å². The maximum absolute atomic E-state index is 13.1. The van der Waals surface area contributed by atoms with Gasteiger partial charge < -0.3 is 31.2 Å². The van der Waals surface area contributed by atoms with Crippen LogP contribution in [0.2, 0.25) is 0 Å². The molecule has 2 atom stereocenters. The third kappa shape index (κ3) is 10.2. The minimum atomic E-state index is -3.95. The summed E-state index contributed by atoms with van der Waals surface area (Å²) in [4.78, 5) is 53.8. The molecule has 1 aliphatic heterocycles. The Morgan fingerprint density at radius 1 is 1.30 bits per heavy atom. The quantitative estimate of drug-likeness (QED) is 0.0799. The van der Waals surface area contributed by atoms with Gasteiger partial charge in [0.25, 0.3) is 0 Å². The van der Waals surface area contributed by atoms with Gasteiger partial charge in [-0.3, -0.25) is 14.6 Å². The molecule has 1 saturated heterocycles. The highest BCUT2D eigenvalue weighted by molar-refractivity contribution is 7.88. The van der Waals surface area contributed by atoms with E-state index in [9.17, 15) is 27.6 Å². The zero-order valence-electron chi connectivity index (χ0n) is 20.7. The number of likely N-dealkylation sites (tertiary alicyclic amines) is 1. The summed E-state index contributed by atoms with van der Waals surface area (Å²) >= 11 is 0. The highest BCUT2D eigenvalue weighted by Gasteiger charge is 2.31. The number of nitrogens with zero attached hydrogens (tertiary/aromatic N) is 2. The van der Waals surface area contributed by atoms with Crippen LogP contribution in [0.25, 0.3) is 0 Å². The second-order valence-corrected chi connectivity index (χ2v) is 10.4. The number of sulfonamides is 1. The van der Waals surface area contributed by atoms with E-state index in [1.807, 2.05) is 0 Å². The summed E-state index contributed by atoms with van der Waals surface area (Å²) in [5.41, 5.74) is 11.1. The molecule has 1 heterocycles. The first kappa shape index (κ1) is 29.7. The highest BCUT2D eigenvalue weighted by Crippen LogP contribution is 2.15. The van der Waals surface area contributed by atoms with E-state index in [4.69, 9.17) is 11.5 Å². The van der Waals surface area contributed by atoms with Gasteiger partial charge in [-0.1, -0.05) is 12.1 Å². The average molecular weight is 539 g/mol. The van der Waals surface area contributed by atoms with E-state index in [-0.39, 0.29) is 31.0 Å². The average Bonchev–Trinajstić information content (AvgIpc) is 3.01. The number of methoxy groups -OCH3 is 1. The van der Waals surface area contributed by atoms with Crippen LogP contribution in [0, 0.1) is 0 Å². The molecule has 2 unspecified atom stereocenters. The SMILES string of the molecule is COC(=O)c1cccc(CS(=O)(=O)NC2CCCCN(CC(=O)NC(C=O)CCCN=C(N)N)C2=O)c1. The summed E-state index contributed by atoms with van der Waals surface area (Å²) in [6.07, 6.45) is 2.84. The Bertz CT molecular complexity index is 1100. The molecule has 1 aliphatic rings. The van der Waals surface area contributed by atoms with Crippen LogP contribution >= 0.6 is 0 Å². The largest absolute Gasteiger partial charge is 0.465 e. The lowest BCUT2D eigenvalue weighted by Crippen LogP contribution is -2.51. The topological polar surface area (TPSA) is 203 Å². The number of nitrogens with one attached hydrogen (secondary N) is 2. The van der Waals surface area contributed by atoms with Crippen molar-refractivity contribution in [2.45, 2.75) is 49.9 Å². The number of aldehydes is 1. The molecule has 37 heavy (non-hydrogen) atoms. The first-order valence-electron chi connectivity index (χ1n) is 11.8. The summed E-state index contributed by atoms with van der Waals surface area (Å²) < 4.78 is 32.7. The number of rotatable bonds is 13. The molecule has 2 rings (SSSR count). The van der Waals surface area contributed by atoms with E-state index >= 15 is 0 Å². The first-order chi connectivity index (χ1) is 17.5. The molecule has 2 amide bonds. The summed E-state index contributed by atoms with van der Waals surface area (Å²) in [7, 11) is -2.72. The van der Waals surface area contributed by atoms with Crippen molar-refractivity contribution in [3.05, 3.63) is 35.4 Å². The molecule has 0 radical (unpaired) electrons. The number of hydrogen-bond donors (Lipinski definition) is 4. The van der Waals surface area contributed by atoms with Gasteiger partial charge in [-0.05, 0) is 49.8 Å². The van der Waals surface area contributed by atoms with Crippen molar-refractivity contribution in [2.75, 3.05) is 26.7 Å². The minimum Gasteiger partial charge on any atom is -0.465 e. The number of guanidine groups is 1. The van der Waals surface area contributed by atoms with Crippen molar-refractivity contribution < 1.29 is 32.3 Å². The van der Waals surface area contributed by atoms with Gasteiger partial charge in [0.05, 0.1) is 31.0 Å². The van der Waals surface area contributed by atoms with E-state index in [0.29, 0.717) is 44.1 Å². The van der Waals surface area contributed by atoms with Gasteiger partial charge in [0, 0.05) is 13.1 Å². The van der Waals surface area contributed by atoms with Crippen molar-refractivity contribution in [3.63, 3.8) is 0 Å². The predicted octanol–water partition coefficient (Wildman–Crippen LogP) is -0.989. The maximum Gasteiger partial charge on any atom is 0.337 e. The number of hydrogen-bond acceptors (Lipinski definition) is 8. The van der Waals surface area contributed by atoms with Gasteiger partial charge in [0.15, 0.2) is 5.96 Å². The molecule has 1 aromatic rings. The summed E-state index contributed by atoms with van der Waals surface area (Å²) in [6, 6.07) is 4.22. The molecular formula is C23H34N6O7S. The summed E-state index contributed by atoms with van der Waals surface area (Å²) in [6.45, 7) is 0.278. The van der Waals surface area contributed by atoms with Gasteiger partial charge >= 0.3 is 5.97 Å². The lowest BCUT2D eigenvalue weighted by molar-refractivity contribution is -0.137. The van der Waals surface area contributed by atoms with Gasteiger partial charge in [-0.15, -0.1) is 0 Å². The fourth-order valence-corrected chi connectivity index (χ4v) is 5.23. The zero-order chi connectivity index (χ0) is 27.4. The number of carbonyl (C=O) groups is 4. The standard InChI is InChI=1S/C23H34N6O7S/c1-36-22(33)17-7-4-6-16(12-17)15-37(34,35)28-19-9-2-3-11-29(21(19)32)13-20(31)27-18(14-30)8-5-10-26-23(24)25/h4,6-7,12,14,18-19,28H,2-3,5,8-11,13,15H2,1H3,(H,27,31)(H4,24,25,26). The Balaban J connectivity index is 1.98. The second kappa shape index (κ2) is 14.3. The zero-order valence-corrected chi connectivity index (χ0v) is 21.5. The molecule has 13 nitrogen and oxygen atoms in total. The van der Waals surface area contributed by atoms with Gasteiger partial charge in [-0.2, -0.15) is 0 Å². The van der Waals surface area contributed by atoms with Crippen LogP contribution in [-0.4, -0.2) is 82.2 Å². The van der Waals surface area contributed by atoms with Crippen molar-refractivity contribution >= 4 is 40.1 Å². The van der Waals surface area contributed by atoms with Crippen LogP contribution in [-0.2, 0) is 34.9 Å². The lowest BCUT2D eigenvalue weighted by Gasteiger charge is -2.25. The van der Waals surface area contributed by atoms with Crippen LogP contribution in [0.4, 0.5) is 0 Å². The number of amides is 2. The summed E-state index contributed by atoms with van der Waals surface area (Å²) in [5.74, 6) is -2.15. The minimum absolute atomic E-state index is 0.0637. The van der Waals surface area contributed by atoms with Crippen molar-refractivity contribution in [1.29, 1.82) is 0 Å². The van der Waals surface area contributed by atoms with Gasteiger partial charge in [0.2, 0.25) is 21.8 Å². The van der Waals surface area contributed by atoms with E-state index in [1.165, 1.54) is 24.1 Å². The molecule has 0 bridgehead atoms. The fourth-order valence-electron chi connectivity index (χ4n) is 3.87. The molecule has 0 spiro atoms. The number of esters is 1. The highest BCUT2D eigenvalue weighted by atomic mass is 32.2. The Labute approximate surface area is 216 Å². The number of carbonyl (C=O) groups excluding carboxylic acids is 4. The van der Waals surface area contributed by atoms with Crippen LogP contribution in [0.1, 0.15) is 48.0 Å². The van der Waals surface area contributed by atoms with E-state index in [0.717, 1.165) is 0 Å². The molecule has 0 aliphatic carbocycles. The molecular weight excluding hydrogens is 504 g/mol. The number of ether oxygens (including phenoxy) is 1. The predicted molar refractivity (Wildman–Crippen MR) is 136 cm³/mol. The molecule has 14 heteroatoms. The summed E-state index contributed by atoms with van der Waals surface area (Å²) in [5, 5.41) is 2.57. The second-order valence-electron chi connectivity index (χ2n) is 8.64. The smallest absolute Gasteiger partial charge is 0.337 e. The monoisotopic (exact) mass is 538 g/mol. The van der Waals surface area contributed by atoms with E-state index in [2.05, 4.69) is 19.8 Å². The number of benzene rings is 1. The molecule has 0 saturated carbocycles. The normalized spacial score (nSPS) is 16.8. The molecule has 6 N–H and O–H groups in total. The van der Waals surface area contributed by atoms with Gasteiger partial charge in [0.1, 0.15) is 12.3 Å². The Hall–Kier alpha value is -3.52. The third-order valence-electron chi connectivity index (χ3n) is 5.62. The third-order valence-corrected chi connectivity index (χ3v) is 6.98. The molecule has 1 aromatic carbocycles. The fraction of sp³-hybridized carbons (Fsp3) is 0.522. The number of aliphatic imine (C=N–C) groups is 1. The Morgan fingerprint density at radius 3 is 2.73 bits per heavy atom. The first-order valence-corrected chi connectivity index (χ1v) is 13.5. The van der Waals surface area contributed by atoms with Crippen LogP contribution in [0.15, 0.2) is 29.3 Å². The van der Waals surface area contributed by atoms with Crippen LogP contribution in [0.3, 0.4) is 0 Å². The van der Waals surface area contributed by atoms with Crippen molar-refractivity contribution in [2.24, 2.45) is 16.5 Å². The Morgan fingerprint density at radius 2 is 2.05 bits per heavy atom.